The van der Waals surface area contributed by atoms with Gasteiger partial charge in [0.2, 0.25) is 0 Å². The number of para-hydroxylation sites is 1. The van der Waals surface area contributed by atoms with Crippen molar-refractivity contribution in [3.05, 3.63) is 102 Å². The van der Waals surface area contributed by atoms with Gasteiger partial charge in [-0.15, -0.1) is 5.06 Å². The maximum atomic E-state index is 13.4. The number of fused-ring (bicyclic) bond motifs is 1. The van der Waals surface area contributed by atoms with Crippen molar-refractivity contribution in [2.24, 2.45) is 0 Å². The molecule has 0 spiro atoms. The molecule has 4 aromatic rings. The molecule has 1 aliphatic rings. The molecule has 10 heteroatoms. The number of rotatable bonds is 12. The van der Waals surface area contributed by atoms with E-state index >= 15 is 0 Å². The second-order valence-electron chi connectivity index (χ2n) is 12.3. The Morgan fingerprint density at radius 1 is 0.957 bits per heavy atom. The Bertz CT molecular complexity index is 1640. The van der Waals surface area contributed by atoms with Gasteiger partial charge in [-0.3, -0.25) is 4.98 Å². The average Bonchev–Trinajstić information content (AvgIpc) is 3.06. The largest absolute Gasteiger partial charge is 0.528 e. The molecule has 0 amide bonds. The van der Waals surface area contributed by atoms with Gasteiger partial charge in [0.25, 0.3) is 0 Å². The van der Waals surface area contributed by atoms with Crippen molar-refractivity contribution in [3.8, 4) is 11.5 Å². The van der Waals surface area contributed by atoms with Crippen LogP contribution in [0.3, 0.4) is 0 Å². The van der Waals surface area contributed by atoms with E-state index in [-0.39, 0.29) is 12.5 Å². The molecule has 10 nitrogen and oxygen atoms in total. The van der Waals surface area contributed by atoms with Gasteiger partial charge in [-0.05, 0) is 69.2 Å². The van der Waals surface area contributed by atoms with Gasteiger partial charge >= 0.3 is 12.1 Å². The molecule has 1 aliphatic heterocycles. The van der Waals surface area contributed by atoms with Crippen LogP contribution in [0.25, 0.3) is 10.9 Å². The number of hydrogen-bond acceptors (Lipinski definition) is 10. The van der Waals surface area contributed by atoms with Gasteiger partial charge in [0.15, 0.2) is 0 Å². The molecule has 2 unspecified atom stereocenters. The van der Waals surface area contributed by atoms with Crippen LogP contribution in [0.5, 0.6) is 11.5 Å². The van der Waals surface area contributed by atoms with Crippen molar-refractivity contribution in [1.29, 1.82) is 0 Å². The SMILES string of the molecule is COc1ccccc1COCCCOc1ccc(C2CCN(OC(=O)OC(C)(C)C)CC2OC(=O)c2ccc3cccnc3c2)cc1. The standard InChI is InChI=1S/C37H42N2O8/c1-37(2,3)46-36(41)47-39-20-18-31(34(24-39)45-35(40)28-13-12-27-10-7-19-38-32(27)23-28)26-14-16-30(17-15-26)44-22-8-21-43-25-29-9-5-6-11-33(29)42-4/h5-7,9-17,19,23,31,34H,8,18,20-22,24-25H2,1-4H3. The van der Waals surface area contributed by atoms with Gasteiger partial charge in [-0.2, -0.15) is 0 Å². The minimum Gasteiger partial charge on any atom is -0.496 e. The number of carbonyl (C=O) groups excluding carboxylic acids is 2. The first-order chi connectivity index (χ1) is 22.7. The Morgan fingerprint density at radius 2 is 1.77 bits per heavy atom. The smallest absolute Gasteiger partial charge is 0.496 e. The molecule has 0 N–H and O–H groups in total. The highest BCUT2D eigenvalue weighted by Crippen LogP contribution is 2.33. The molecule has 0 radical (unpaired) electrons. The van der Waals surface area contributed by atoms with Gasteiger partial charge in [0.1, 0.15) is 23.2 Å². The summed E-state index contributed by atoms with van der Waals surface area (Å²) in [6, 6.07) is 24.7. The molecular weight excluding hydrogens is 600 g/mol. The Kier molecular flexibility index (Phi) is 11.3. The van der Waals surface area contributed by atoms with Crippen LogP contribution in [0.15, 0.2) is 85.1 Å². The van der Waals surface area contributed by atoms with E-state index in [1.807, 2.05) is 66.7 Å². The van der Waals surface area contributed by atoms with Crippen molar-refractivity contribution in [1.82, 2.24) is 10.0 Å². The number of nitrogens with zero attached hydrogens (tertiary/aromatic N) is 2. The summed E-state index contributed by atoms with van der Waals surface area (Å²) >= 11 is 0. The second kappa shape index (κ2) is 15.8. The third-order valence-corrected chi connectivity index (χ3v) is 7.68. The number of carbonyl (C=O) groups is 2. The number of hydroxylamine groups is 2. The van der Waals surface area contributed by atoms with Crippen molar-refractivity contribution in [2.75, 3.05) is 33.4 Å². The Labute approximate surface area is 275 Å². The molecule has 0 bridgehead atoms. The zero-order valence-corrected chi connectivity index (χ0v) is 27.3. The number of hydrogen-bond donors (Lipinski definition) is 0. The number of methoxy groups -OCH3 is 1. The van der Waals surface area contributed by atoms with Gasteiger partial charge in [-0.25, -0.2) is 9.59 Å². The zero-order valence-electron chi connectivity index (χ0n) is 27.3. The first-order valence-corrected chi connectivity index (χ1v) is 15.8. The molecule has 2 heterocycles. The summed E-state index contributed by atoms with van der Waals surface area (Å²) in [6.45, 7) is 7.49. The predicted molar refractivity (Wildman–Crippen MR) is 176 cm³/mol. The number of aromatic nitrogens is 1. The molecule has 5 rings (SSSR count). The number of piperidine rings is 1. The molecule has 0 aliphatic carbocycles. The van der Waals surface area contributed by atoms with Crippen molar-refractivity contribution >= 4 is 23.0 Å². The minimum atomic E-state index is -0.798. The summed E-state index contributed by atoms with van der Waals surface area (Å²) in [4.78, 5) is 35.6. The number of esters is 1. The predicted octanol–water partition coefficient (Wildman–Crippen LogP) is 7.11. The van der Waals surface area contributed by atoms with Crippen molar-refractivity contribution < 1.29 is 38.1 Å². The van der Waals surface area contributed by atoms with E-state index in [1.165, 1.54) is 5.06 Å². The second-order valence-corrected chi connectivity index (χ2v) is 12.3. The highest BCUT2D eigenvalue weighted by molar-refractivity contribution is 5.94. The number of ether oxygens (including phenoxy) is 5. The summed E-state index contributed by atoms with van der Waals surface area (Å²) in [6.07, 6.45) is 1.61. The third kappa shape index (κ3) is 9.67. The molecule has 1 fully saturated rings. The fraction of sp³-hybridized carbons (Fsp3) is 0.378. The lowest BCUT2D eigenvalue weighted by atomic mass is 9.87. The monoisotopic (exact) mass is 642 g/mol. The molecule has 248 valence electrons. The maximum Gasteiger partial charge on any atom is 0.528 e. The Hall–Kier alpha value is -4.67. The minimum absolute atomic E-state index is 0.131. The van der Waals surface area contributed by atoms with Crippen LogP contribution in [0, 0.1) is 0 Å². The quantitative estimate of drug-likeness (QED) is 0.117. The van der Waals surface area contributed by atoms with Crippen LogP contribution >= 0.6 is 0 Å². The molecule has 47 heavy (non-hydrogen) atoms. The summed E-state index contributed by atoms with van der Waals surface area (Å²) in [5.74, 6) is 0.947. The van der Waals surface area contributed by atoms with E-state index < -0.39 is 23.8 Å². The number of benzene rings is 3. The molecule has 0 saturated carbocycles. The van der Waals surface area contributed by atoms with Crippen LogP contribution < -0.4 is 9.47 Å². The first kappa shape index (κ1) is 33.7. The van der Waals surface area contributed by atoms with Crippen LogP contribution in [0.4, 0.5) is 4.79 Å². The van der Waals surface area contributed by atoms with E-state index in [0.717, 1.165) is 34.4 Å². The number of pyridine rings is 1. The highest BCUT2D eigenvalue weighted by Gasteiger charge is 2.36. The lowest BCUT2D eigenvalue weighted by Gasteiger charge is -2.37. The molecule has 1 aromatic heterocycles. The summed E-state index contributed by atoms with van der Waals surface area (Å²) < 4.78 is 28.6. The molecule has 2 atom stereocenters. The lowest BCUT2D eigenvalue weighted by Crippen LogP contribution is -2.46. The van der Waals surface area contributed by atoms with E-state index in [0.29, 0.717) is 43.9 Å². The fourth-order valence-electron chi connectivity index (χ4n) is 5.41. The Morgan fingerprint density at radius 3 is 2.55 bits per heavy atom. The summed E-state index contributed by atoms with van der Waals surface area (Å²) in [5, 5.41) is 2.43. The van der Waals surface area contributed by atoms with Gasteiger partial charge in [0.05, 0.1) is 44.6 Å². The van der Waals surface area contributed by atoms with E-state index in [1.54, 1.807) is 46.2 Å². The zero-order chi connectivity index (χ0) is 33.2. The average molecular weight is 643 g/mol. The normalized spacial score (nSPS) is 16.8. The fourth-order valence-corrected chi connectivity index (χ4v) is 5.41. The van der Waals surface area contributed by atoms with Crippen LogP contribution in [-0.4, -0.2) is 67.3 Å². The van der Waals surface area contributed by atoms with E-state index in [4.69, 9.17) is 28.5 Å². The lowest BCUT2D eigenvalue weighted by molar-refractivity contribution is -0.171. The van der Waals surface area contributed by atoms with Crippen molar-refractivity contribution in [3.63, 3.8) is 0 Å². The molecule has 1 saturated heterocycles. The highest BCUT2D eigenvalue weighted by atomic mass is 16.8. The Balaban J connectivity index is 1.19. The van der Waals surface area contributed by atoms with Gasteiger partial charge in [0, 0.05) is 36.0 Å². The van der Waals surface area contributed by atoms with Crippen molar-refractivity contribution in [2.45, 2.75) is 57.8 Å². The third-order valence-electron chi connectivity index (χ3n) is 7.68. The maximum absolute atomic E-state index is 13.4. The van der Waals surface area contributed by atoms with Gasteiger partial charge < -0.3 is 28.5 Å². The summed E-state index contributed by atoms with van der Waals surface area (Å²) in [7, 11) is 1.65. The van der Waals surface area contributed by atoms with Gasteiger partial charge in [-0.1, -0.05) is 42.5 Å². The first-order valence-electron chi connectivity index (χ1n) is 15.8. The van der Waals surface area contributed by atoms with E-state index in [2.05, 4.69) is 4.98 Å². The van der Waals surface area contributed by atoms with Crippen LogP contribution in [0.2, 0.25) is 0 Å². The van der Waals surface area contributed by atoms with E-state index in [9.17, 15) is 9.59 Å². The topological polar surface area (TPSA) is 106 Å². The molecule has 3 aromatic carbocycles. The summed E-state index contributed by atoms with van der Waals surface area (Å²) in [5.41, 5.74) is 2.41. The van der Waals surface area contributed by atoms with Crippen LogP contribution in [-0.2, 0) is 25.7 Å². The van der Waals surface area contributed by atoms with Crippen LogP contribution in [0.1, 0.15) is 61.0 Å². The molecular formula is C37H42N2O8.